The smallest absolute Gasteiger partial charge is 0.223 e. The molecule has 8 rings (SSSR count). The molecule has 0 radical (unpaired) electrons. The van der Waals surface area contributed by atoms with Crippen LogP contribution in [0.1, 0.15) is 99.3 Å². The third-order valence-electron chi connectivity index (χ3n) is 11.9. The van der Waals surface area contributed by atoms with E-state index in [1.54, 1.807) is 36.5 Å². The largest absolute Gasteiger partial charge is 0.346 e. The summed E-state index contributed by atoms with van der Waals surface area (Å²) in [7, 11) is 0. The first-order chi connectivity index (χ1) is 28.2. The maximum Gasteiger partial charge on any atom is 0.223 e. The van der Waals surface area contributed by atoms with E-state index in [0.29, 0.717) is 37.5 Å². The number of rotatable bonds is 14. The Morgan fingerprint density at radius 2 is 1.02 bits per heavy atom. The third kappa shape index (κ3) is 10.7. The molecule has 2 amide bonds. The van der Waals surface area contributed by atoms with Crippen LogP contribution in [-0.4, -0.2) is 45.4 Å². The summed E-state index contributed by atoms with van der Waals surface area (Å²) in [6.45, 7) is 3.59. The van der Waals surface area contributed by atoms with Gasteiger partial charge in [-0.15, -0.1) is 22.7 Å². The standard InChI is InChI=1S/2C24H26N2O2S/c2*1-16(22(27)10-7-17-13-21-11-12-29-24(21)25-15-17)26-23(28)20-9-8-19(14-20)18-5-3-2-4-6-18/h2*2-6,11-13,15-16,19-20H,7-10,14H2,1H3,(H,26,28)/t2*16-,19+,20+/m00/s1. The lowest BCUT2D eigenvalue weighted by Crippen LogP contribution is -2.41. The molecule has 4 aromatic heterocycles. The highest BCUT2D eigenvalue weighted by Crippen LogP contribution is 2.39. The minimum atomic E-state index is -0.448. The lowest BCUT2D eigenvalue weighted by molar-refractivity contribution is -0.129. The van der Waals surface area contributed by atoms with Gasteiger partial charge < -0.3 is 10.6 Å². The molecule has 2 aliphatic carbocycles. The molecule has 0 bridgehead atoms. The van der Waals surface area contributed by atoms with Crippen molar-refractivity contribution >= 4 is 66.5 Å². The quantitative estimate of drug-likeness (QED) is 0.113. The number of pyridine rings is 2. The average Bonchev–Trinajstić information content (AvgIpc) is 4.10. The third-order valence-corrected chi connectivity index (χ3v) is 13.6. The molecule has 4 heterocycles. The number of aromatic nitrogens is 2. The maximum absolute atomic E-state index is 12.7. The van der Waals surface area contributed by atoms with Gasteiger partial charge in [0.15, 0.2) is 11.6 Å². The van der Waals surface area contributed by atoms with E-state index < -0.39 is 12.1 Å². The van der Waals surface area contributed by atoms with Gasteiger partial charge in [-0.3, -0.25) is 19.2 Å². The van der Waals surface area contributed by atoms with Crippen LogP contribution in [0.25, 0.3) is 20.4 Å². The Balaban J connectivity index is 0.000000177. The molecule has 8 nitrogen and oxygen atoms in total. The number of nitrogens with zero attached hydrogens (tertiary/aromatic N) is 2. The van der Waals surface area contributed by atoms with E-state index in [-0.39, 0.29) is 35.2 Å². The Hall–Kier alpha value is -5.06. The zero-order chi connectivity index (χ0) is 40.4. The molecule has 300 valence electrons. The fourth-order valence-electron chi connectivity index (χ4n) is 8.37. The topological polar surface area (TPSA) is 118 Å². The number of hydrogen-bond donors (Lipinski definition) is 2. The molecule has 6 atom stereocenters. The van der Waals surface area contributed by atoms with Gasteiger partial charge in [-0.1, -0.05) is 60.7 Å². The number of nitrogens with one attached hydrogen (secondary N) is 2. The fourth-order valence-corrected chi connectivity index (χ4v) is 9.81. The van der Waals surface area contributed by atoms with Crippen molar-refractivity contribution in [2.45, 2.75) is 102 Å². The first-order valence-electron chi connectivity index (χ1n) is 20.6. The van der Waals surface area contributed by atoms with Crippen LogP contribution in [0.15, 0.2) is 108 Å². The summed E-state index contributed by atoms with van der Waals surface area (Å²) in [4.78, 5) is 61.3. The molecule has 10 heteroatoms. The molecule has 2 fully saturated rings. The minimum absolute atomic E-state index is 0.000606. The fraction of sp³-hybridized carbons (Fsp3) is 0.375. The maximum atomic E-state index is 12.7. The van der Waals surface area contributed by atoms with E-state index in [2.05, 4.69) is 81.3 Å². The summed E-state index contributed by atoms with van der Waals surface area (Å²) in [6, 6.07) is 28.2. The minimum Gasteiger partial charge on any atom is -0.346 e. The van der Waals surface area contributed by atoms with Crippen molar-refractivity contribution < 1.29 is 19.2 Å². The van der Waals surface area contributed by atoms with Gasteiger partial charge >= 0.3 is 0 Å². The van der Waals surface area contributed by atoms with Crippen LogP contribution in [0.4, 0.5) is 0 Å². The lowest BCUT2D eigenvalue weighted by atomic mass is 9.96. The highest BCUT2D eigenvalue weighted by atomic mass is 32.1. The van der Waals surface area contributed by atoms with Crippen LogP contribution in [-0.2, 0) is 32.0 Å². The first-order valence-corrected chi connectivity index (χ1v) is 22.4. The Labute approximate surface area is 348 Å². The number of fused-ring (bicyclic) bond motifs is 2. The SMILES string of the molecule is C[C@H](NC(=O)[C@@H]1CC[C@@H](c2ccccc2)C1)C(=O)CCc1cnc2sccc2c1.C[C@H](NC(=O)[C@@H]1CC[C@@H](c2ccccc2)C1)C(=O)CCc1cnc2sccc2c1. The highest BCUT2D eigenvalue weighted by Gasteiger charge is 2.33. The molecule has 2 aromatic carbocycles. The van der Waals surface area contributed by atoms with Crippen molar-refractivity contribution in [3.8, 4) is 0 Å². The Kier molecular flexibility index (Phi) is 13.9. The van der Waals surface area contributed by atoms with Gasteiger partial charge in [-0.05, 0) is 134 Å². The van der Waals surface area contributed by atoms with Crippen LogP contribution in [0, 0.1) is 11.8 Å². The van der Waals surface area contributed by atoms with Crippen LogP contribution in [0.5, 0.6) is 0 Å². The number of ketones is 2. The molecule has 2 aliphatic rings. The van der Waals surface area contributed by atoms with Gasteiger partial charge in [-0.25, -0.2) is 9.97 Å². The van der Waals surface area contributed by atoms with Gasteiger partial charge in [0.2, 0.25) is 11.8 Å². The van der Waals surface area contributed by atoms with Crippen molar-refractivity contribution in [2.75, 3.05) is 0 Å². The Morgan fingerprint density at radius 1 is 0.603 bits per heavy atom. The molecule has 0 aliphatic heterocycles. The number of Topliss-reactive ketones (excluding diaryl/α,β-unsaturated/α-hetero) is 2. The highest BCUT2D eigenvalue weighted by molar-refractivity contribution is 7.17. The van der Waals surface area contributed by atoms with Gasteiger partial charge in [-0.2, -0.15) is 0 Å². The molecule has 0 unspecified atom stereocenters. The molecule has 6 aromatic rings. The van der Waals surface area contributed by atoms with E-state index in [1.165, 1.54) is 11.1 Å². The van der Waals surface area contributed by atoms with Crippen LogP contribution in [0.2, 0.25) is 0 Å². The van der Waals surface area contributed by atoms with E-state index in [4.69, 9.17) is 0 Å². The summed E-state index contributed by atoms with van der Waals surface area (Å²) in [5.74, 6) is 1.07. The van der Waals surface area contributed by atoms with Gasteiger partial charge in [0, 0.05) is 47.8 Å². The van der Waals surface area contributed by atoms with Gasteiger partial charge in [0.25, 0.3) is 0 Å². The zero-order valence-corrected chi connectivity index (χ0v) is 34.9. The summed E-state index contributed by atoms with van der Waals surface area (Å²) < 4.78 is 0. The summed E-state index contributed by atoms with van der Waals surface area (Å²) in [5.41, 5.74) is 4.74. The van der Waals surface area contributed by atoms with E-state index in [1.807, 2.05) is 47.4 Å². The predicted molar refractivity (Wildman–Crippen MR) is 234 cm³/mol. The number of benzene rings is 2. The number of aryl methyl sites for hydroxylation is 2. The van der Waals surface area contributed by atoms with E-state index >= 15 is 0 Å². The van der Waals surface area contributed by atoms with Crippen LogP contribution in [0.3, 0.4) is 0 Å². The molecular weight excluding hydrogens is 761 g/mol. The summed E-state index contributed by atoms with van der Waals surface area (Å²) >= 11 is 3.23. The van der Waals surface area contributed by atoms with Crippen molar-refractivity contribution in [2.24, 2.45) is 11.8 Å². The van der Waals surface area contributed by atoms with Crippen LogP contribution >= 0.6 is 22.7 Å². The van der Waals surface area contributed by atoms with Crippen molar-refractivity contribution in [3.05, 3.63) is 130 Å². The van der Waals surface area contributed by atoms with Crippen molar-refractivity contribution in [1.29, 1.82) is 0 Å². The second-order valence-corrected chi connectivity index (χ2v) is 17.7. The second-order valence-electron chi connectivity index (χ2n) is 15.9. The molecule has 58 heavy (non-hydrogen) atoms. The molecule has 0 spiro atoms. The van der Waals surface area contributed by atoms with Gasteiger partial charge in [0.05, 0.1) is 12.1 Å². The van der Waals surface area contributed by atoms with E-state index in [0.717, 1.165) is 70.1 Å². The Bertz CT molecular complexity index is 2160. The molecule has 2 N–H and O–H groups in total. The number of carbonyl (C=O) groups is 4. The molecular formula is C48H52N4O4S2. The monoisotopic (exact) mass is 812 g/mol. The second kappa shape index (κ2) is 19.6. The molecule has 0 saturated heterocycles. The van der Waals surface area contributed by atoms with Crippen molar-refractivity contribution in [1.82, 2.24) is 20.6 Å². The van der Waals surface area contributed by atoms with Crippen molar-refractivity contribution in [3.63, 3.8) is 0 Å². The normalized spacial score (nSPS) is 19.9. The number of thiophene rings is 2. The number of carbonyl (C=O) groups excluding carboxylic acids is 4. The van der Waals surface area contributed by atoms with Gasteiger partial charge in [0.1, 0.15) is 9.66 Å². The zero-order valence-electron chi connectivity index (χ0n) is 33.3. The lowest BCUT2D eigenvalue weighted by Gasteiger charge is -2.17. The number of hydrogen-bond acceptors (Lipinski definition) is 8. The number of amides is 2. The molecule has 2 saturated carbocycles. The Morgan fingerprint density at radius 3 is 1.43 bits per heavy atom. The summed E-state index contributed by atoms with van der Waals surface area (Å²) in [6.07, 6.45) is 11.4. The van der Waals surface area contributed by atoms with E-state index in [9.17, 15) is 19.2 Å². The first kappa shape index (κ1) is 41.1. The summed E-state index contributed by atoms with van der Waals surface area (Å²) in [5, 5.41) is 12.2. The van der Waals surface area contributed by atoms with Crippen LogP contribution < -0.4 is 10.6 Å². The predicted octanol–water partition coefficient (Wildman–Crippen LogP) is 9.77. The average molecular weight is 813 g/mol.